The fourth-order valence-electron chi connectivity index (χ4n) is 2.34. The van der Waals surface area contributed by atoms with Gasteiger partial charge in [0.05, 0.1) is 10.7 Å². The standard InChI is InChI=1S/C14H24O2S/c1-4-5-6-7-8-9-10-14(3)12(15)11(2)13(16)17-14/h11H,4-10H2,1-3H3/t11?,14-/m1/s1. The molecule has 0 aromatic rings. The number of hydrogen-bond acceptors (Lipinski definition) is 3. The molecular weight excluding hydrogens is 232 g/mol. The van der Waals surface area contributed by atoms with Crippen molar-refractivity contribution in [1.29, 1.82) is 0 Å². The molecular formula is C14H24O2S. The first-order valence-corrected chi connectivity index (χ1v) is 7.60. The lowest BCUT2D eigenvalue weighted by atomic mass is 9.91. The van der Waals surface area contributed by atoms with Crippen LogP contribution in [0.3, 0.4) is 0 Å². The normalized spacial score (nSPS) is 29.0. The number of rotatable bonds is 7. The monoisotopic (exact) mass is 256 g/mol. The van der Waals surface area contributed by atoms with Crippen LogP contribution in [0.5, 0.6) is 0 Å². The third-order valence-corrected chi connectivity index (χ3v) is 5.01. The minimum Gasteiger partial charge on any atom is -0.297 e. The average Bonchev–Trinajstić information content (AvgIpc) is 2.48. The van der Waals surface area contributed by atoms with E-state index in [9.17, 15) is 9.59 Å². The number of hydrogen-bond donors (Lipinski definition) is 0. The van der Waals surface area contributed by atoms with Crippen LogP contribution in [-0.2, 0) is 9.59 Å². The Kier molecular flexibility index (Phi) is 5.71. The highest BCUT2D eigenvalue weighted by molar-refractivity contribution is 8.16. The lowest BCUT2D eigenvalue weighted by molar-refractivity contribution is -0.127. The highest BCUT2D eigenvalue weighted by Gasteiger charge is 2.47. The van der Waals surface area contributed by atoms with Crippen molar-refractivity contribution in [2.24, 2.45) is 5.92 Å². The van der Waals surface area contributed by atoms with Gasteiger partial charge < -0.3 is 0 Å². The fraction of sp³-hybridized carbons (Fsp3) is 0.857. The number of thioether (sulfide) groups is 1. The predicted molar refractivity (Wildman–Crippen MR) is 73.2 cm³/mol. The van der Waals surface area contributed by atoms with Crippen LogP contribution >= 0.6 is 11.8 Å². The van der Waals surface area contributed by atoms with Crippen LogP contribution in [0.25, 0.3) is 0 Å². The first kappa shape index (κ1) is 14.7. The number of carbonyl (C=O) groups excluding carboxylic acids is 2. The molecule has 2 atom stereocenters. The van der Waals surface area contributed by atoms with Gasteiger partial charge in [0.1, 0.15) is 0 Å². The SMILES string of the molecule is CCCCCCCC[C@@]1(C)SC(=O)C(C)C1=O. The first-order chi connectivity index (χ1) is 8.01. The molecule has 0 amide bonds. The van der Waals surface area contributed by atoms with Crippen LogP contribution in [0.2, 0.25) is 0 Å². The number of carbonyl (C=O) groups is 2. The summed E-state index contributed by atoms with van der Waals surface area (Å²) in [4.78, 5) is 23.5. The van der Waals surface area contributed by atoms with E-state index in [0.717, 1.165) is 12.8 Å². The number of Topliss-reactive ketones (excluding diaryl/α,β-unsaturated/α-hetero) is 1. The van der Waals surface area contributed by atoms with Gasteiger partial charge in [-0.15, -0.1) is 0 Å². The Morgan fingerprint density at radius 1 is 1.12 bits per heavy atom. The fourth-order valence-corrected chi connectivity index (χ4v) is 3.59. The van der Waals surface area contributed by atoms with Crippen molar-refractivity contribution in [1.82, 2.24) is 0 Å². The summed E-state index contributed by atoms with van der Waals surface area (Å²) in [6, 6.07) is 0. The number of ketones is 1. The van der Waals surface area contributed by atoms with E-state index in [1.165, 1.54) is 43.9 Å². The smallest absolute Gasteiger partial charge is 0.200 e. The molecule has 1 saturated heterocycles. The van der Waals surface area contributed by atoms with Crippen LogP contribution in [0, 0.1) is 5.92 Å². The molecule has 1 aliphatic heterocycles. The summed E-state index contributed by atoms with van der Waals surface area (Å²) in [5.74, 6) is -0.244. The average molecular weight is 256 g/mol. The van der Waals surface area contributed by atoms with Gasteiger partial charge in [-0.2, -0.15) is 0 Å². The summed E-state index contributed by atoms with van der Waals surface area (Å²) in [7, 11) is 0. The molecule has 1 unspecified atom stereocenters. The van der Waals surface area contributed by atoms with Crippen molar-refractivity contribution >= 4 is 22.7 Å². The van der Waals surface area contributed by atoms with Gasteiger partial charge in [-0.05, 0) is 20.3 Å². The lowest BCUT2D eigenvalue weighted by Crippen LogP contribution is -2.29. The van der Waals surface area contributed by atoms with Gasteiger partial charge in [0, 0.05) is 0 Å². The van der Waals surface area contributed by atoms with Gasteiger partial charge in [-0.25, -0.2) is 0 Å². The Bertz CT molecular complexity index is 288. The molecule has 98 valence electrons. The van der Waals surface area contributed by atoms with Crippen molar-refractivity contribution < 1.29 is 9.59 Å². The zero-order valence-electron chi connectivity index (χ0n) is 11.3. The second-order valence-electron chi connectivity index (χ2n) is 5.26. The van der Waals surface area contributed by atoms with E-state index in [2.05, 4.69) is 6.92 Å². The predicted octanol–water partition coefficient (Wildman–Crippen LogP) is 3.97. The summed E-state index contributed by atoms with van der Waals surface area (Å²) in [5.41, 5.74) is 0. The highest BCUT2D eigenvalue weighted by atomic mass is 32.2. The van der Waals surface area contributed by atoms with Crippen molar-refractivity contribution in [2.45, 2.75) is 70.5 Å². The zero-order chi connectivity index (χ0) is 12.9. The molecule has 17 heavy (non-hydrogen) atoms. The van der Waals surface area contributed by atoms with Gasteiger partial charge in [-0.3, -0.25) is 9.59 Å². The quantitative estimate of drug-likeness (QED) is 0.510. The second-order valence-corrected chi connectivity index (χ2v) is 6.76. The summed E-state index contributed by atoms with van der Waals surface area (Å²) in [5, 5.41) is 0.0588. The molecule has 0 radical (unpaired) electrons. The van der Waals surface area contributed by atoms with Gasteiger partial charge >= 0.3 is 0 Å². The van der Waals surface area contributed by atoms with E-state index in [1.54, 1.807) is 6.92 Å². The molecule has 0 aliphatic carbocycles. The third-order valence-electron chi connectivity index (χ3n) is 3.60. The molecule has 1 rings (SSSR count). The van der Waals surface area contributed by atoms with E-state index < -0.39 is 4.75 Å². The first-order valence-electron chi connectivity index (χ1n) is 6.78. The van der Waals surface area contributed by atoms with Crippen LogP contribution in [0.1, 0.15) is 65.7 Å². The van der Waals surface area contributed by atoms with Crippen LogP contribution in [0.15, 0.2) is 0 Å². The van der Waals surface area contributed by atoms with Gasteiger partial charge in [-0.1, -0.05) is 57.2 Å². The summed E-state index contributed by atoms with van der Waals surface area (Å²) in [6.07, 6.45) is 8.23. The Labute approximate surface area is 109 Å². The summed E-state index contributed by atoms with van der Waals surface area (Å²) < 4.78 is -0.429. The molecule has 2 nitrogen and oxygen atoms in total. The summed E-state index contributed by atoms with van der Waals surface area (Å²) >= 11 is 1.26. The van der Waals surface area contributed by atoms with E-state index in [4.69, 9.17) is 0 Å². The van der Waals surface area contributed by atoms with Gasteiger partial charge in [0.25, 0.3) is 0 Å². The lowest BCUT2D eigenvalue weighted by Gasteiger charge is -2.19. The Hall–Kier alpha value is -0.310. The molecule has 0 N–H and O–H groups in total. The molecule has 0 bridgehead atoms. The molecule has 1 aliphatic rings. The van der Waals surface area contributed by atoms with Gasteiger partial charge in [0.15, 0.2) is 10.9 Å². The van der Waals surface area contributed by atoms with Crippen LogP contribution in [0.4, 0.5) is 0 Å². The van der Waals surface area contributed by atoms with E-state index in [1.807, 2.05) is 6.92 Å². The maximum atomic E-state index is 12.0. The zero-order valence-corrected chi connectivity index (χ0v) is 12.1. The van der Waals surface area contributed by atoms with Crippen LogP contribution in [-0.4, -0.2) is 15.6 Å². The van der Waals surface area contributed by atoms with E-state index in [-0.39, 0.29) is 16.8 Å². The molecule has 0 aromatic carbocycles. The Balaban J connectivity index is 2.27. The van der Waals surface area contributed by atoms with Crippen molar-refractivity contribution in [2.75, 3.05) is 0 Å². The maximum absolute atomic E-state index is 12.0. The van der Waals surface area contributed by atoms with Crippen LogP contribution < -0.4 is 0 Å². The minimum absolute atomic E-state index is 0.0588. The Morgan fingerprint density at radius 2 is 1.71 bits per heavy atom. The topological polar surface area (TPSA) is 34.1 Å². The van der Waals surface area contributed by atoms with Gasteiger partial charge in [0.2, 0.25) is 0 Å². The summed E-state index contributed by atoms with van der Waals surface area (Å²) in [6.45, 7) is 5.89. The van der Waals surface area contributed by atoms with Crippen molar-refractivity contribution in [3.63, 3.8) is 0 Å². The van der Waals surface area contributed by atoms with Crippen molar-refractivity contribution in [3.05, 3.63) is 0 Å². The van der Waals surface area contributed by atoms with E-state index >= 15 is 0 Å². The highest BCUT2D eigenvalue weighted by Crippen LogP contribution is 2.42. The largest absolute Gasteiger partial charge is 0.297 e. The van der Waals surface area contributed by atoms with E-state index in [0.29, 0.717) is 0 Å². The second kappa shape index (κ2) is 6.58. The Morgan fingerprint density at radius 3 is 2.24 bits per heavy atom. The molecule has 1 heterocycles. The maximum Gasteiger partial charge on any atom is 0.200 e. The molecule has 3 heteroatoms. The molecule has 0 spiro atoms. The third kappa shape index (κ3) is 3.84. The molecule has 0 saturated carbocycles. The van der Waals surface area contributed by atoms with Crippen molar-refractivity contribution in [3.8, 4) is 0 Å². The number of unbranched alkanes of at least 4 members (excludes halogenated alkanes) is 5. The minimum atomic E-state index is -0.429. The molecule has 0 aromatic heterocycles. The molecule has 1 fully saturated rings.